The van der Waals surface area contributed by atoms with Gasteiger partial charge in [0.2, 0.25) is 15.9 Å². The lowest BCUT2D eigenvalue weighted by molar-refractivity contribution is -0.148. The van der Waals surface area contributed by atoms with Crippen LogP contribution in [0.5, 0.6) is 5.75 Å². The van der Waals surface area contributed by atoms with Crippen LogP contribution in [0.2, 0.25) is 0 Å². The maximum Gasteiger partial charge on any atom is 0.331 e. The Bertz CT molecular complexity index is 685. The molecule has 0 bridgehead atoms. The molecule has 0 saturated carbocycles. The predicted octanol–water partition coefficient (Wildman–Crippen LogP) is -0.345. The van der Waals surface area contributed by atoms with Gasteiger partial charge in [-0.15, -0.1) is 0 Å². The lowest BCUT2D eigenvalue weighted by Gasteiger charge is -2.25. The number of nitrogens with two attached hydrogens (primary N) is 1. The molecule has 1 saturated heterocycles. The van der Waals surface area contributed by atoms with Gasteiger partial charge in [0, 0.05) is 18.9 Å². The molecule has 1 amide bonds. The summed E-state index contributed by atoms with van der Waals surface area (Å²) in [6, 6.07) is 4.25. The highest BCUT2D eigenvalue weighted by Crippen LogP contribution is 2.30. The molecule has 1 fully saturated rings. The summed E-state index contributed by atoms with van der Waals surface area (Å²) >= 11 is 0. The molecule has 8 nitrogen and oxygen atoms in total. The van der Waals surface area contributed by atoms with E-state index in [1.165, 1.54) is 24.3 Å². The second-order valence-electron chi connectivity index (χ2n) is 5.28. The van der Waals surface area contributed by atoms with Gasteiger partial charge in [0.05, 0.1) is 5.75 Å². The molecule has 22 heavy (non-hydrogen) atoms. The van der Waals surface area contributed by atoms with E-state index in [-0.39, 0.29) is 24.5 Å². The SMILES string of the molecule is NS(=O)(=O)CC1CC(=O)N(C(C(=O)O)c2ccc(O)cc2)C1. The number of aliphatic carboxylic acids is 1. The highest BCUT2D eigenvalue weighted by Gasteiger charge is 2.39. The van der Waals surface area contributed by atoms with Gasteiger partial charge in [-0.3, -0.25) is 4.79 Å². The zero-order valence-electron chi connectivity index (χ0n) is 11.5. The van der Waals surface area contributed by atoms with Crippen LogP contribution in [0.3, 0.4) is 0 Å². The third kappa shape index (κ3) is 3.74. The van der Waals surface area contributed by atoms with E-state index in [0.29, 0.717) is 5.56 Å². The summed E-state index contributed by atoms with van der Waals surface area (Å²) in [6.45, 7) is 0.00705. The Morgan fingerprint density at radius 2 is 1.95 bits per heavy atom. The van der Waals surface area contributed by atoms with Crippen molar-refractivity contribution < 1.29 is 28.2 Å². The molecule has 2 atom stereocenters. The molecule has 0 aromatic heterocycles. The maximum atomic E-state index is 12.0. The zero-order valence-corrected chi connectivity index (χ0v) is 12.4. The summed E-state index contributed by atoms with van der Waals surface area (Å²) in [7, 11) is -3.73. The first-order valence-electron chi connectivity index (χ1n) is 6.49. The van der Waals surface area contributed by atoms with E-state index in [1.807, 2.05) is 0 Å². The molecule has 4 N–H and O–H groups in total. The Labute approximate surface area is 127 Å². The molecule has 1 aromatic rings. The van der Waals surface area contributed by atoms with E-state index in [2.05, 4.69) is 0 Å². The number of carbonyl (C=O) groups is 2. The number of phenolic OH excluding ortho intramolecular Hbond substituents is 1. The van der Waals surface area contributed by atoms with Crippen molar-refractivity contribution in [2.45, 2.75) is 12.5 Å². The van der Waals surface area contributed by atoms with E-state index in [4.69, 9.17) is 5.14 Å². The molecule has 2 rings (SSSR count). The van der Waals surface area contributed by atoms with Gasteiger partial charge in [-0.1, -0.05) is 12.1 Å². The second kappa shape index (κ2) is 5.93. The Kier molecular flexibility index (Phi) is 4.38. The fraction of sp³-hybridized carbons (Fsp3) is 0.385. The number of hydrogen-bond donors (Lipinski definition) is 3. The molecule has 1 aliphatic heterocycles. The van der Waals surface area contributed by atoms with Gasteiger partial charge in [0.1, 0.15) is 5.75 Å². The minimum atomic E-state index is -3.73. The van der Waals surface area contributed by atoms with Crippen molar-refractivity contribution in [1.29, 1.82) is 0 Å². The molecule has 0 aliphatic carbocycles. The van der Waals surface area contributed by atoms with Crippen molar-refractivity contribution in [3.63, 3.8) is 0 Å². The average molecular weight is 328 g/mol. The van der Waals surface area contributed by atoms with Gasteiger partial charge in [-0.2, -0.15) is 0 Å². The first kappa shape index (κ1) is 16.2. The summed E-state index contributed by atoms with van der Waals surface area (Å²) in [6.07, 6.45) is -0.0572. The van der Waals surface area contributed by atoms with Gasteiger partial charge >= 0.3 is 5.97 Å². The summed E-state index contributed by atoms with van der Waals surface area (Å²) in [4.78, 5) is 24.7. The first-order chi connectivity index (χ1) is 10.2. The van der Waals surface area contributed by atoms with Gasteiger partial charge in [-0.25, -0.2) is 18.4 Å². The molecule has 1 aliphatic rings. The van der Waals surface area contributed by atoms with E-state index < -0.39 is 33.9 Å². The normalized spacial score (nSPS) is 20.1. The van der Waals surface area contributed by atoms with Crippen molar-refractivity contribution in [3.05, 3.63) is 29.8 Å². The summed E-state index contributed by atoms with van der Waals surface area (Å²) in [5.74, 6) is -2.57. The minimum absolute atomic E-state index is 0.00705. The number of carbonyl (C=O) groups excluding carboxylic acids is 1. The van der Waals surface area contributed by atoms with Crippen LogP contribution in [-0.4, -0.2) is 47.7 Å². The number of hydrogen-bond acceptors (Lipinski definition) is 5. The van der Waals surface area contributed by atoms with Gasteiger partial charge in [0.25, 0.3) is 0 Å². The number of sulfonamides is 1. The van der Waals surface area contributed by atoms with Crippen LogP contribution in [0.4, 0.5) is 0 Å². The number of phenols is 1. The Hall–Kier alpha value is -2.13. The van der Waals surface area contributed by atoms with Gasteiger partial charge < -0.3 is 15.1 Å². The molecule has 0 radical (unpaired) electrons. The monoisotopic (exact) mass is 328 g/mol. The molecule has 1 aromatic carbocycles. The van der Waals surface area contributed by atoms with Gasteiger partial charge in [0.15, 0.2) is 6.04 Å². The smallest absolute Gasteiger partial charge is 0.331 e. The molecule has 0 spiro atoms. The van der Waals surface area contributed by atoms with Crippen molar-refractivity contribution in [3.8, 4) is 5.75 Å². The number of benzene rings is 1. The van der Waals surface area contributed by atoms with Crippen LogP contribution < -0.4 is 5.14 Å². The quantitative estimate of drug-likeness (QED) is 0.675. The third-order valence-electron chi connectivity index (χ3n) is 3.46. The van der Waals surface area contributed by atoms with Crippen molar-refractivity contribution in [2.75, 3.05) is 12.3 Å². The van der Waals surface area contributed by atoms with E-state index >= 15 is 0 Å². The molecule has 120 valence electrons. The van der Waals surface area contributed by atoms with E-state index in [0.717, 1.165) is 4.90 Å². The largest absolute Gasteiger partial charge is 0.508 e. The summed E-state index contributed by atoms with van der Waals surface area (Å²) in [5, 5.41) is 23.6. The predicted molar refractivity (Wildman–Crippen MR) is 76.3 cm³/mol. The highest BCUT2D eigenvalue weighted by molar-refractivity contribution is 7.89. The van der Waals surface area contributed by atoms with Crippen LogP contribution in [0, 0.1) is 5.92 Å². The van der Waals surface area contributed by atoms with E-state index in [1.54, 1.807) is 0 Å². The van der Waals surface area contributed by atoms with Crippen LogP contribution in [0.1, 0.15) is 18.0 Å². The molecule has 9 heteroatoms. The molecule has 2 unspecified atom stereocenters. The summed E-state index contributed by atoms with van der Waals surface area (Å²) in [5.41, 5.74) is 0.329. The number of likely N-dealkylation sites (tertiary alicyclic amines) is 1. The van der Waals surface area contributed by atoms with Crippen LogP contribution >= 0.6 is 0 Å². The second-order valence-corrected chi connectivity index (χ2v) is 6.94. The number of nitrogens with zero attached hydrogens (tertiary/aromatic N) is 1. The fourth-order valence-corrected chi connectivity index (χ4v) is 3.49. The molecule has 1 heterocycles. The Morgan fingerprint density at radius 1 is 1.36 bits per heavy atom. The number of aromatic hydroxyl groups is 1. The van der Waals surface area contributed by atoms with Crippen LogP contribution in [0.15, 0.2) is 24.3 Å². The topological polar surface area (TPSA) is 138 Å². The zero-order chi connectivity index (χ0) is 16.5. The maximum absolute atomic E-state index is 12.0. The van der Waals surface area contributed by atoms with Gasteiger partial charge in [-0.05, 0) is 17.7 Å². The van der Waals surface area contributed by atoms with Crippen molar-refractivity contribution >= 4 is 21.9 Å². The summed E-state index contributed by atoms with van der Waals surface area (Å²) < 4.78 is 22.2. The Balaban J connectivity index is 2.24. The lowest BCUT2D eigenvalue weighted by Crippen LogP contribution is -2.36. The Morgan fingerprint density at radius 3 is 2.45 bits per heavy atom. The minimum Gasteiger partial charge on any atom is -0.508 e. The van der Waals surface area contributed by atoms with Crippen LogP contribution in [0.25, 0.3) is 0 Å². The number of amides is 1. The number of carboxylic acids is 1. The molecular weight excluding hydrogens is 312 g/mol. The van der Waals surface area contributed by atoms with Crippen molar-refractivity contribution in [2.24, 2.45) is 11.1 Å². The average Bonchev–Trinajstić information content (AvgIpc) is 2.70. The first-order valence-corrected chi connectivity index (χ1v) is 8.20. The van der Waals surface area contributed by atoms with Crippen LogP contribution in [-0.2, 0) is 19.6 Å². The number of carboxylic acid groups (broad SMARTS) is 1. The fourth-order valence-electron chi connectivity index (χ4n) is 2.61. The van der Waals surface area contributed by atoms with Crippen molar-refractivity contribution in [1.82, 2.24) is 4.90 Å². The van der Waals surface area contributed by atoms with E-state index in [9.17, 15) is 28.2 Å². The highest BCUT2D eigenvalue weighted by atomic mass is 32.2. The lowest BCUT2D eigenvalue weighted by atomic mass is 10.1. The molecular formula is C13H16N2O6S. The number of rotatable bonds is 5. The number of primary sulfonamides is 1. The third-order valence-corrected chi connectivity index (χ3v) is 4.40. The standard InChI is InChI=1S/C13H16N2O6S/c14-22(20,21)7-8-5-11(17)15(6-8)12(13(18)19)9-1-3-10(16)4-2-9/h1-4,8,12,16H,5-7H2,(H,18,19)(H2,14,20,21).